The molecule has 1 saturated heterocycles. The van der Waals surface area contributed by atoms with Crippen LogP contribution in [0.3, 0.4) is 0 Å². The molecule has 0 radical (unpaired) electrons. The highest BCUT2D eigenvalue weighted by molar-refractivity contribution is 6.00. The summed E-state index contributed by atoms with van der Waals surface area (Å²) in [5, 5.41) is 3.31. The van der Waals surface area contributed by atoms with Gasteiger partial charge >= 0.3 is 0 Å². The number of rotatable bonds is 4. The zero-order valence-corrected chi connectivity index (χ0v) is 12.0. The number of carbonyl (C=O) groups excluding carboxylic acids is 1. The summed E-state index contributed by atoms with van der Waals surface area (Å²) in [6, 6.07) is 7.56. The van der Waals surface area contributed by atoms with Crippen molar-refractivity contribution >= 4 is 5.78 Å². The molecule has 0 amide bonds. The van der Waals surface area contributed by atoms with E-state index in [0.717, 1.165) is 37.2 Å². The average molecular weight is 261 g/mol. The van der Waals surface area contributed by atoms with Crippen LogP contribution >= 0.6 is 0 Å². The lowest BCUT2D eigenvalue weighted by molar-refractivity contribution is 0.0761. The fraction of sp³-hybridized carbons (Fsp3) is 0.562. The van der Waals surface area contributed by atoms with E-state index in [9.17, 15) is 4.79 Å². The highest BCUT2D eigenvalue weighted by atomic mass is 16.5. The number of piperidine rings is 1. The van der Waals surface area contributed by atoms with E-state index >= 15 is 0 Å². The Morgan fingerprint density at radius 1 is 1.32 bits per heavy atom. The van der Waals surface area contributed by atoms with E-state index in [1.807, 2.05) is 38.1 Å². The maximum absolute atomic E-state index is 12.7. The number of Topliss-reactive ketones (excluding diaryl/α,β-unsaturated/α-hetero) is 1. The van der Waals surface area contributed by atoms with Crippen LogP contribution in [0.2, 0.25) is 0 Å². The van der Waals surface area contributed by atoms with Gasteiger partial charge in [0.2, 0.25) is 0 Å². The minimum atomic E-state index is -0.234. The van der Waals surface area contributed by atoms with E-state index in [1.54, 1.807) is 0 Å². The van der Waals surface area contributed by atoms with Gasteiger partial charge in [-0.2, -0.15) is 0 Å². The topological polar surface area (TPSA) is 38.3 Å². The molecule has 1 fully saturated rings. The highest BCUT2D eigenvalue weighted by Gasteiger charge is 2.35. The fourth-order valence-electron chi connectivity index (χ4n) is 2.54. The van der Waals surface area contributed by atoms with Crippen LogP contribution in [0.25, 0.3) is 0 Å². The van der Waals surface area contributed by atoms with Gasteiger partial charge in [-0.1, -0.05) is 19.1 Å². The SMILES string of the molecule is CC(C)Oc1cccc(C(=O)C2(C)CCNCC2)c1. The first-order chi connectivity index (χ1) is 9.01. The lowest BCUT2D eigenvalue weighted by Crippen LogP contribution is -2.40. The maximum atomic E-state index is 12.7. The van der Waals surface area contributed by atoms with Crippen molar-refractivity contribution in [3.63, 3.8) is 0 Å². The normalized spacial score (nSPS) is 18.3. The van der Waals surface area contributed by atoms with Gasteiger partial charge in [0.1, 0.15) is 5.75 Å². The van der Waals surface area contributed by atoms with Crippen LogP contribution < -0.4 is 10.1 Å². The van der Waals surface area contributed by atoms with Crippen LogP contribution in [0.4, 0.5) is 0 Å². The van der Waals surface area contributed by atoms with Crippen LogP contribution in [-0.2, 0) is 0 Å². The Hall–Kier alpha value is -1.35. The van der Waals surface area contributed by atoms with Crippen molar-refractivity contribution < 1.29 is 9.53 Å². The molecule has 3 nitrogen and oxygen atoms in total. The second-order valence-electron chi connectivity index (χ2n) is 5.83. The molecule has 19 heavy (non-hydrogen) atoms. The van der Waals surface area contributed by atoms with Crippen molar-refractivity contribution in [2.24, 2.45) is 5.41 Å². The summed E-state index contributed by atoms with van der Waals surface area (Å²) in [5.41, 5.74) is 0.532. The van der Waals surface area contributed by atoms with Gasteiger partial charge in [-0.05, 0) is 51.9 Å². The van der Waals surface area contributed by atoms with Crippen molar-refractivity contribution in [1.82, 2.24) is 5.32 Å². The van der Waals surface area contributed by atoms with Crippen LogP contribution in [0.5, 0.6) is 5.75 Å². The van der Waals surface area contributed by atoms with E-state index in [2.05, 4.69) is 12.2 Å². The molecule has 0 bridgehead atoms. The molecule has 0 saturated carbocycles. The number of nitrogens with one attached hydrogen (secondary N) is 1. The summed E-state index contributed by atoms with van der Waals surface area (Å²) in [4.78, 5) is 12.7. The molecule has 2 rings (SSSR count). The van der Waals surface area contributed by atoms with Gasteiger partial charge in [-0.3, -0.25) is 4.79 Å². The molecule has 1 N–H and O–H groups in total. The van der Waals surface area contributed by atoms with E-state index in [-0.39, 0.29) is 17.3 Å². The van der Waals surface area contributed by atoms with Crippen LogP contribution in [0, 0.1) is 5.41 Å². The molecule has 3 heteroatoms. The first-order valence-electron chi connectivity index (χ1n) is 7.03. The standard InChI is InChI=1S/C16H23NO2/c1-12(2)19-14-6-4-5-13(11-14)15(18)16(3)7-9-17-10-8-16/h4-6,11-12,17H,7-10H2,1-3H3. The fourth-order valence-corrected chi connectivity index (χ4v) is 2.54. The molecule has 0 aromatic heterocycles. The molecular weight excluding hydrogens is 238 g/mol. The van der Waals surface area contributed by atoms with Gasteiger partial charge in [0.05, 0.1) is 6.10 Å². The van der Waals surface area contributed by atoms with E-state index in [4.69, 9.17) is 4.74 Å². The smallest absolute Gasteiger partial charge is 0.168 e. The summed E-state index contributed by atoms with van der Waals surface area (Å²) in [5.74, 6) is 1.02. The first kappa shape index (κ1) is 14.1. The number of hydrogen-bond donors (Lipinski definition) is 1. The van der Waals surface area contributed by atoms with Crippen molar-refractivity contribution in [2.75, 3.05) is 13.1 Å². The third-order valence-electron chi connectivity index (χ3n) is 3.72. The molecule has 1 aromatic carbocycles. The molecule has 0 spiro atoms. The van der Waals surface area contributed by atoms with E-state index in [1.165, 1.54) is 0 Å². The Labute approximate surface area is 115 Å². The van der Waals surface area contributed by atoms with Crippen molar-refractivity contribution in [2.45, 2.75) is 39.7 Å². The molecule has 1 aliphatic rings. The second-order valence-corrected chi connectivity index (χ2v) is 5.83. The van der Waals surface area contributed by atoms with E-state index in [0.29, 0.717) is 0 Å². The third kappa shape index (κ3) is 3.35. The summed E-state index contributed by atoms with van der Waals surface area (Å²) in [6.45, 7) is 7.90. The lowest BCUT2D eigenvalue weighted by atomic mass is 9.75. The molecule has 1 aliphatic heterocycles. The summed E-state index contributed by atoms with van der Waals surface area (Å²) in [6.07, 6.45) is 1.93. The minimum absolute atomic E-state index is 0.125. The number of ketones is 1. The van der Waals surface area contributed by atoms with Gasteiger partial charge in [-0.15, -0.1) is 0 Å². The second kappa shape index (κ2) is 5.74. The molecule has 0 atom stereocenters. The number of carbonyl (C=O) groups is 1. The Kier molecular flexibility index (Phi) is 4.25. The highest BCUT2D eigenvalue weighted by Crippen LogP contribution is 2.33. The third-order valence-corrected chi connectivity index (χ3v) is 3.72. The molecule has 1 aromatic rings. The monoisotopic (exact) mass is 261 g/mol. The molecule has 0 unspecified atom stereocenters. The summed E-state index contributed by atoms with van der Waals surface area (Å²) >= 11 is 0. The Bertz CT molecular complexity index is 448. The number of hydrogen-bond acceptors (Lipinski definition) is 3. The largest absolute Gasteiger partial charge is 0.491 e. The van der Waals surface area contributed by atoms with E-state index < -0.39 is 0 Å². The van der Waals surface area contributed by atoms with Gasteiger partial charge in [0.25, 0.3) is 0 Å². The molecule has 0 aliphatic carbocycles. The lowest BCUT2D eigenvalue weighted by Gasteiger charge is -2.32. The van der Waals surface area contributed by atoms with Crippen molar-refractivity contribution in [3.8, 4) is 5.75 Å². The Morgan fingerprint density at radius 2 is 2.00 bits per heavy atom. The number of benzene rings is 1. The van der Waals surface area contributed by atoms with Crippen molar-refractivity contribution in [3.05, 3.63) is 29.8 Å². The molecular formula is C16H23NO2. The minimum Gasteiger partial charge on any atom is -0.491 e. The first-order valence-corrected chi connectivity index (χ1v) is 7.03. The quantitative estimate of drug-likeness (QED) is 0.847. The number of ether oxygens (including phenoxy) is 1. The van der Waals surface area contributed by atoms with Gasteiger partial charge in [0, 0.05) is 11.0 Å². The maximum Gasteiger partial charge on any atom is 0.168 e. The Balaban J connectivity index is 2.18. The zero-order valence-electron chi connectivity index (χ0n) is 12.0. The van der Waals surface area contributed by atoms with Crippen LogP contribution in [-0.4, -0.2) is 25.0 Å². The van der Waals surface area contributed by atoms with Crippen molar-refractivity contribution in [1.29, 1.82) is 0 Å². The summed E-state index contributed by atoms with van der Waals surface area (Å²) < 4.78 is 5.66. The van der Waals surface area contributed by atoms with Crippen LogP contribution in [0.15, 0.2) is 24.3 Å². The molecule has 104 valence electrons. The van der Waals surface area contributed by atoms with Gasteiger partial charge in [0.15, 0.2) is 5.78 Å². The zero-order chi connectivity index (χ0) is 13.9. The average Bonchev–Trinajstić information content (AvgIpc) is 2.38. The predicted molar refractivity (Wildman–Crippen MR) is 76.7 cm³/mol. The van der Waals surface area contributed by atoms with Gasteiger partial charge < -0.3 is 10.1 Å². The van der Waals surface area contributed by atoms with Gasteiger partial charge in [-0.25, -0.2) is 0 Å². The molecule has 1 heterocycles. The summed E-state index contributed by atoms with van der Waals surface area (Å²) in [7, 11) is 0. The predicted octanol–water partition coefficient (Wildman–Crippen LogP) is 3.05. The Morgan fingerprint density at radius 3 is 2.63 bits per heavy atom. The van der Waals surface area contributed by atoms with Crippen LogP contribution in [0.1, 0.15) is 44.0 Å².